The van der Waals surface area contributed by atoms with Crippen LogP contribution in [-0.2, 0) is 14.3 Å². The molecule has 5 nitrogen and oxygen atoms in total. The fourth-order valence-electron chi connectivity index (χ4n) is 3.79. The van der Waals surface area contributed by atoms with Crippen molar-refractivity contribution in [3.05, 3.63) is 35.9 Å². The van der Waals surface area contributed by atoms with Crippen molar-refractivity contribution >= 4 is 18.4 Å². The van der Waals surface area contributed by atoms with E-state index in [9.17, 15) is 9.90 Å². The molecule has 6 atom stereocenters. The number of morpholine rings is 1. The van der Waals surface area contributed by atoms with Crippen molar-refractivity contribution in [3.63, 3.8) is 0 Å². The van der Waals surface area contributed by atoms with E-state index in [1.807, 2.05) is 18.2 Å². The number of aliphatic hydroxyl groups is 1. The first-order valence-electron chi connectivity index (χ1n) is 9.20. The summed E-state index contributed by atoms with van der Waals surface area (Å²) in [5.74, 6) is -1.18. The van der Waals surface area contributed by atoms with E-state index >= 15 is 0 Å². The lowest BCUT2D eigenvalue weighted by Crippen LogP contribution is -2.48. The minimum Gasteiger partial charge on any atom is -0.462 e. The first kappa shape index (κ1) is 13.2. The molecule has 0 amide bonds. The number of carbonyl (C=O) groups excluding carboxylic acids is 1. The van der Waals surface area contributed by atoms with Crippen molar-refractivity contribution < 1.29 is 23.5 Å². The summed E-state index contributed by atoms with van der Waals surface area (Å²) in [5.41, 5.74) is 0.712. The van der Waals surface area contributed by atoms with Crippen LogP contribution in [0.5, 0.6) is 0 Å². The molecular formula is C17H22ClNO4. The Balaban J connectivity index is 0.00000196. The number of halogens is 1. The number of nitrogens with zero attached hydrogens (tertiary/aromatic N) is 1. The number of benzene rings is 1. The van der Waals surface area contributed by atoms with Gasteiger partial charge in [-0.3, -0.25) is 9.69 Å². The van der Waals surface area contributed by atoms with E-state index in [1.165, 1.54) is 0 Å². The summed E-state index contributed by atoms with van der Waals surface area (Å²) in [5, 5.41) is 9.59. The minimum absolute atomic E-state index is 0. The Morgan fingerprint density at radius 2 is 2.04 bits per heavy atom. The van der Waals surface area contributed by atoms with Crippen LogP contribution in [0.4, 0.5) is 0 Å². The normalized spacial score (nSPS) is 38.3. The monoisotopic (exact) mass is 342 g/mol. The number of esters is 1. The van der Waals surface area contributed by atoms with Gasteiger partial charge >= 0.3 is 5.97 Å². The number of carbonyl (C=O) groups is 1. The SMILES string of the molecule is Cl.[2H]C([2H])([2H])N1[C@H]2CC(OC(=O)[C@H](CO)c3ccccc3)C[C@H]1[C@H]1O[C@H]12. The number of aliphatic hydroxyl groups excluding tert-OH is 1. The van der Waals surface area contributed by atoms with E-state index in [1.54, 1.807) is 17.0 Å². The largest absolute Gasteiger partial charge is 0.462 e. The predicted molar refractivity (Wildman–Crippen MR) is 86.6 cm³/mol. The second-order valence-corrected chi connectivity index (χ2v) is 6.28. The van der Waals surface area contributed by atoms with Gasteiger partial charge in [-0.1, -0.05) is 30.3 Å². The molecule has 6 heteroatoms. The van der Waals surface area contributed by atoms with Crippen LogP contribution in [0.25, 0.3) is 0 Å². The predicted octanol–water partition coefficient (Wildman–Crippen LogP) is 1.34. The Morgan fingerprint density at radius 1 is 1.39 bits per heavy atom. The summed E-state index contributed by atoms with van der Waals surface area (Å²) < 4.78 is 34.4. The van der Waals surface area contributed by atoms with Crippen molar-refractivity contribution in [3.8, 4) is 0 Å². The molecule has 0 spiro atoms. The summed E-state index contributed by atoms with van der Waals surface area (Å²) in [7, 11) is 0. The molecule has 1 N–H and O–H groups in total. The number of fused-ring (bicyclic) bond motifs is 5. The smallest absolute Gasteiger partial charge is 0.316 e. The zero-order chi connectivity index (χ0) is 17.8. The second kappa shape index (κ2) is 6.40. The molecule has 1 aromatic carbocycles. The highest BCUT2D eigenvalue weighted by Gasteiger charge is 2.62. The molecule has 3 saturated heterocycles. The summed E-state index contributed by atoms with van der Waals surface area (Å²) in [4.78, 5) is 14.1. The fourth-order valence-corrected chi connectivity index (χ4v) is 3.79. The fraction of sp³-hybridized carbons (Fsp3) is 0.588. The highest BCUT2D eigenvalue weighted by Crippen LogP contribution is 2.48. The lowest BCUT2D eigenvalue weighted by molar-refractivity contribution is -0.156. The molecule has 23 heavy (non-hydrogen) atoms. The Hall–Kier alpha value is -1.14. The third-order valence-electron chi connectivity index (χ3n) is 5.00. The maximum absolute atomic E-state index is 12.5. The highest BCUT2D eigenvalue weighted by molar-refractivity contribution is 5.85. The maximum atomic E-state index is 12.5. The number of ether oxygens (including phenoxy) is 2. The summed E-state index contributed by atoms with van der Waals surface area (Å²) in [6.45, 7) is -2.48. The molecule has 0 aromatic heterocycles. The van der Waals surface area contributed by atoms with E-state index < -0.39 is 18.9 Å². The van der Waals surface area contributed by atoms with Gasteiger partial charge in [-0.15, -0.1) is 12.4 Å². The van der Waals surface area contributed by atoms with Gasteiger partial charge in [0.1, 0.15) is 24.2 Å². The van der Waals surface area contributed by atoms with Gasteiger partial charge in [-0.05, 0) is 12.5 Å². The number of likely N-dealkylation sites (N-methyl/N-ethyl adjacent to an activating group) is 1. The van der Waals surface area contributed by atoms with Gasteiger partial charge in [-0.25, -0.2) is 0 Å². The molecule has 0 saturated carbocycles. The standard InChI is InChI=1S/C17H21NO4.ClH/c1-18-13-7-11(8-14(18)16-15(13)22-16)21-17(20)12(9-19)10-5-3-2-4-6-10;/h2-6,11-16,19H,7-9H2,1H3;1H/t11?,12-,13+,14+,15-,16+;/m1./s1/i1D3;. The molecule has 3 heterocycles. The van der Waals surface area contributed by atoms with E-state index in [0.29, 0.717) is 18.4 Å². The van der Waals surface area contributed by atoms with Crippen LogP contribution in [0.1, 0.15) is 28.4 Å². The topological polar surface area (TPSA) is 62.3 Å². The molecule has 0 aliphatic carbocycles. The zero-order valence-corrected chi connectivity index (χ0v) is 13.3. The minimum atomic E-state index is -2.15. The Morgan fingerprint density at radius 3 is 2.61 bits per heavy atom. The van der Waals surface area contributed by atoms with Gasteiger partial charge in [0.05, 0.1) is 6.61 Å². The molecule has 3 aliphatic heterocycles. The third kappa shape index (κ3) is 2.87. The number of hydrogen-bond donors (Lipinski definition) is 1. The molecular weight excluding hydrogens is 318 g/mol. The number of epoxide rings is 1. The zero-order valence-electron chi connectivity index (χ0n) is 15.5. The van der Waals surface area contributed by atoms with Crippen molar-refractivity contribution in [2.24, 2.45) is 0 Å². The Kier molecular flexibility index (Phi) is 3.67. The molecule has 126 valence electrons. The molecule has 1 aromatic rings. The maximum Gasteiger partial charge on any atom is 0.316 e. The van der Waals surface area contributed by atoms with E-state index in [2.05, 4.69) is 0 Å². The number of piperidine rings is 1. The number of hydrogen-bond acceptors (Lipinski definition) is 5. The average Bonchev–Trinajstić information content (AvgIpc) is 3.31. The van der Waals surface area contributed by atoms with Crippen LogP contribution in [-0.4, -0.2) is 60.0 Å². The third-order valence-corrected chi connectivity index (χ3v) is 5.00. The number of rotatable bonds is 4. The van der Waals surface area contributed by atoms with Crippen molar-refractivity contribution in [1.82, 2.24) is 4.90 Å². The van der Waals surface area contributed by atoms with Gasteiger partial charge in [-0.2, -0.15) is 0 Å². The van der Waals surface area contributed by atoms with Gasteiger partial charge in [0, 0.05) is 29.0 Å². The van der Waals surface area contributed by atoms with Crippen LogP contribution in [0.2, 0.25) is 0 Å². The van der Waals surface area contributed by atoms with Gasteiger partial charge in [0.25, 0.3) is 0 Å². The van der Waals surface area contributed by atoms with Crippen molar-refractivity contribution in [2.45, 2.75) is 49.2 Å². The Labute approximate surface area is 146 Å². The van der Waals surface area contributed by atoms with Crippen LogP contribution < -0.4 is 0 Å². The van der Waals surface area contributed by atoms with E-state index in [-0.39, 0.29) is 49.4 Å². The second-order valence-electron chi connectivity index (χ2n) is 6.28. The highest BCUT2D eigenvalue weighted by atomic mass is 35.5. The van der Waals surface area contributed by atoms with Crippen molar-refractivity contribution in [2.75, 3.05) is 13.6 Å². The van der Waals surface area contributed by atoms with Crippen LogP contribution >= 0.6 is 12.4 Å². The molecule has 3 fully saturated rings. The average molecular weight is 343 g/mol. The summed E-state index contributed by atoms with van der Waals surface area (Å²) in [6, 6.07) is 8.56. The first-order chi connectivity index (χ1) is 11.9. The van der Waals surface area contributed by atoms with Gasteiger partial charge in [0.15, 0.2) is 0 Å². The van der Waals surface area contributed by atoms with E-state index in [4.69, 9.17) is 13.6 Å². The molecule has 3 aliphatic rings. The molecule has 1 unspecified atom stereocenters. The van der Waals surface area contributed by atoms with Crippen LogP contribution in [0, 0.1) is 0 Å². The lowest BCUT2D eigenvalue weighted by atomic mass is 9.97. The van der Waals surface area contributed by atoms with Crippen molar-refractivity contribution in [1.29, 1.82) is 0 Å². The van der Waals surface area contributed by atoms with E-state index in [0.717, 1.165) is 0 Å². The van der Waals surface area contributed by atoms with Gasteiger partial charge in [0.2, 0.25) is 0 Å². The van der Waals surface area contributed by atoms with Crippen LogP contribution in [0.15, 0.2) is 30.3 Å². The summed E-state index contributed by atoms with van der Waals surface area (Å²) in [6.07, 6.45) is 0.452. The lowest BCUT2D eigenvalue weighted by Gasteiger charge is -2.38. The Bertz CT molecular complexity index is 641. The molecule has 4 rings (SSSR count). The van der Waals surface area contributed by atoms with Gasteiger partial charge < -0.3 is 14.6 Å². The molecule has 0 radical (unpaired) electrons. The first-order valence-corrected chi connectivity index (χ1v) is 7.70. The van der Waals surface area contributed by atoms with Crippen LogP contribution in [0.3, 0.4) is 0 Å². The summed E-state index contributed by atoms with van der Waals surface area (Å²) >= 11 is 0. The quantitative estimate of drug-likeness (QED) is 0.661. The molecule has 2 bridgehead atoms.